The predicted octanol–water partition coefficient (Wildman–Crippen LogP) is 6.24. The minimum Gasteiger partial charge on any atom is -0.496 e. The molecule has 2 unspecified atom stereocenters. The fourth-order valence-corrected chi connectivity index (χ4v) is 5.89. The number of nitro groups is 1. The lowest BCUT2D eigenvalue weighted by Crippen LogP contribution is -2.29. The van der Waals surface area contributed by atoms with Gasteiger partial charge in [0.05, 0.1) is 35.9 Å². The van der Waals surface area contributed by atoms with Gasteiger partial charge >= 0.3 is 0 Å². The molecule has 5 rings (SSSR count). The zero-order chi connectivity index (χ0) is 30.1. The van der Waals surface area contributed by atoms with Gasteiger partial charge in [0.2, 0.25) is 5.91 Å². The number of rotatable bonds is 8. The van der Waals surface area contributed by atoms with E-state index < -0.39 is 4.92 Å². The third-order valence-corrected chi connectivity index (χ3v) is 7.91. The molecule has 0 spiro atoms. The third-order valence-electron chi connectivity index (χ3n) is 7.59. The number of hydrogen-bond acceptors (Lipinski definition) is 6. The number of carbonyl (C=O) groups excluding carboxylic acids is 1. The van der Waals surface area contributed by atoms with Crippen LogP contribution >= 0.6 is 12.2 Å². The maximum Gasteiger partial charge on any atom is 0.296 e. The lowest BCUT2D eigenvalue weighted by molar-refractivity contribution is -0.384. The first-order valence-electron chi connectivity index (χ1n) is 13.6. The van der Waals surface area contributed by atoms with E-state index in [1.807, 2.05) is 68.7 Å². The molecule has 0 aliphatic carbocycles. The summed E-state index contributed by atoms with van der Waals surface area (Å²) >= 11 is 5.91. The molecule has 2 atom stereocenters. The van der Waals surface area contributed by atoms with Crippen LogP contribution in [0.3, 0.4) is 0 Å². The van der Waals surface area contributed by atoms with Gasteiger partial charge in [0.15, 0.2) is 5.11 Å². The molecule has 1 amide bonds. The van der Waals surface area contributed by atoms with Crippen molar-refractivity contribution in [2.75, 3.05) is 17.3 Å². The van der Waals surface area contributed by atoms with E-state index in [9.17, 15) is 14.9 Å². The Morgan fingerprint density at radius 2 is 1.93 bits per heavy atom. The van der Waals surface area contributed by atoms with E-state index in [-0.39, 0.29) is 23.7 Å². The van der Waals surface area contributed by atoms with Gasteiger partial charge in [-0.2, -0.15) is 0 Å². The Morgan fingerprint density at radius 1 is 1.14 bits per heavy atom. The standard InChI is InChI=1S/C31H32N6O4S/c1-6-28(38)33-24-12-10-21(15-18(24)2)36-30(29(34-31(36)42)25-9-7-8-14-32-25)23-16-19(3)35(20(23)4)26-13-11-22(41-5)17-27(26)37(39)40/h7-17,29-30H,6H2,1-5H3,(H,33,38)(H,34,42). The number of methoxy groups -OCH3 is 1. The van der Waals surface area contributed by atoms with Crippen molar-refractivity contribution in [3.05, 3.63) is 105 Å². The Kier molecular flexibility index (Phi) is 7.95. The van der Waals surface area contributed by atoms with Crippen LogP contribution in [0.5, 0.6) is 5.75 Å². The molecule has 11 heteroatoms. The molecule has 4 aromatic rings. The van der Waals surface area contributed by atoms with Gasteiger partial charge in [-0.15, -0.1) is 0 Å². The number of amides is 1. The number of nitrogens with one attached hydrogen (secondary N) is 2. The molecular formula is C31H32N6O4S. The highest BCUT2D eigenvalue weighted by molar-refractivity contribution is 7.80. The topological polar surface area (TPSA) is 115 Å². The Bertz CT molecular complexity index is 1690. The van der Waals surface area contributed by atoms with E-state index in [0.29, 0.717) is 23.0 Å². The fraction of sp³-hybridized carbons (Fsp3) is 0.258. The molecule has 10 nitrogen and oxygen atoms in total. The van der Waals surface area contributed by atoms with Crippen LogP contribution in [0.25, 0.3) is 5.69 Å². The number of hydrogen-bond donors (Lipinski definition) is 2. The molecule has 0 bridgehead atoms. The number of anilines is 2. The third kappa shape index (κ3) is 5.18. The number of ether oxygens (including phenoxy) is 1. The van der Waals surface area contributed by atoms with E-state index in [1.165, 1.54) is 13.2 Å². The molecule has 1 aliphatic rings. The SMILES string of the molecule is CCC(=O)Nc1ccc(N2C(=S)NC(c3ccccn3)C2c2cc(C)n(-c3ccc(OC)cc3[N+](=O)[O-])c2C)cc1C. The molecule has 1 saturated heterocycles. The molecule has 0 saturated carbocycles. The predicted molar refractivity (Wildman–Crippen MR) is 166 cm³/mol. The second kappa shape index (κ2) is 11.6. The molecule has 2 aromatic carbocycles. The van der Waals surface area contributed by atoms with Gasteiger partial charge in [-0.05, 0) is 92.6 Å². The van der Waals surface area contributed by atoms with Crippen LogP contribution in [0.15, 0.2) is 66.9 Å². The number of thiocarbonyl (C=S) groups is 1. The summed E-state index contributed by atoms with van der Waals surface area (Å²) in [6.45, 7) is 7.65. The van der Waals surface area contributed by atoms with Crippen molar-refractivity contribution in [3.63, 3.8) is 0 Å². The number of nitro benzene ring substituents is 1. The van der Waals surface area contributed by atoms with Gasteiger partial charge in [-0.3, -0.25) is 19.9 Å². The van der Waals surface area contributed by atoms with Crippen molar-refractivity contribution in [2.24, 2.45) is 0 Å². The highest BCUT2D eigenvalue weighted by atomic mass is 32.1. The number of benzene rings is 2. The summed E-state index contributed by atoms with van der Waals surface area (Å²) in [7, 11) is 1.48. The highest BCUT2D eigenvalue weighted by Gasteiger charge is 2.42. The Hall–Kier alpha value is -4.77. The van der Waals surface area contributed by atoms with Gasteiger partial charge in [-0.25, -0.2) is 0 Å². The Balaban J connectivity index is 1.66. The molecule has 0 radical (unpaired) electrons. The van der Waals surface area contributed by atoms with Crippen LogP contribution in [0, 0.1) is 30.9 Å². The van der Waals surface area contributed by atoms with Crippen LogP contribution in [0.1, 0.15) is 53.6 Å². The number of aryl methyl sites for hydroxylation is 2. The largest absolute Gasteiger partial charge is 0.496 e. The lowest BCUT2D eigenvalue weighted by Gasteiger charge is -2.29. The maximum atomic E-state index is 12.1. The Morgan fingerprint density at radius 3 is 2.57 bits per heavy atom. The molecule has 2 N–H and O–H groups in total. The minimum absolute atomic E-state index is 0.0544. The lowest BCUT2D eigenvalue weighted by atomic mass is 9.96. The summed E-state index contributed by atoms with van der Waals surface area (Å²) in [4.78, 5) is 30.4. The van der Waals surface area contributed by atoms with E-state index in [4.69, 9.17) is 17.0 Å². The van der Waals surface area contributed by atoms with Crippen molar-refractivity contribution < 1.29 is 14.5 Å². The van der Waals surface area contributed by atoms with Crippen molar-refractivity contribution in [3.8, 4) is 11.4 Å². The molecule has 1 fully saturated rings. The highest BCUT2D eigenvalue weighted by Crippen LogP contribution is 2.45. The zero-order valence-electron chi connectivity index (χ0n) is 24.0. The van der Waals surface area contributed by atoms with Crippen molar-refractivity contribution in [1.82, 2.24) is 14.9 Å². The average Bonchev–Trinajstić information content (AvgIpc) is 3.48. The molecule has 1 aliphatic heterocycles. The van der Waals surface area contributed by atoms with Crippen LogP contribution in [-0.2, 0) is 4.79 Å². The minimum atomic E-state index is -0.396. The first-order valence-corrected chi connectivity index (χ1v) is 14.0. The molecule has 216 valence electrons. The van der Waals surface area contributed by atoms with Crippen LogP contribution < -0.4 is 20.3 Å². The van der Waals surface area contributed by atoms with Gasteiger partial charge in [0, 0.05) is 35.4 Å². The quantitative estimate of drug-likeness (QED) is 0.142. The molecular weight excluding hydrogens is 552 g/mol. The monoisotopic (exact) mass is 584 g/mol. The van der Waals surface area contributed by atoms with Gasteiger partial charge in [-0.1, -0.05) is 13.0 Å². The van der Waals surface area contributed by atoms with E-state index in [0.717, 1.165) is 39.6 Å². The van der Waals surface area contributed by atoms with Crippen LogP contribution in [-0.4, -0.2) is 32.6 Å². The number of pyridine rings is 1. The van der Waals surface area contributed by atoms with Crippen molar-refractivity contribution >= 4 is 40.3 Å². The zero-order valence-corrected chi connectivity index (χ0v) is 24.9. The molecule has 2 aromatic heterocycles. The van der Waals surface area contributed by atoms with Crippen molar-refractivity contribution in [1.29, 1.82) is 0 Å². The van der Waals surface area contributed by atoms with Gasteiger partial charge < -0.3 is 24.8 Å². The normalized spacial score (nSPS) is 16.3. The molecule has 42 heavy (non-hydrogen) atoms. The first-order chi connectivity index (χ1) is 20.1. The second-order valence-corrected chi connectivity index (χ2v) is 10.6. The fourth-order valence-electron chi connectivity index (χ4n) is 5.55. The summed E-state index contributed by atoms with van der Waals surface area (Å²) in [5.74, 6) is 0.353. The summed E-state index contributed by atoms with van der Waals surface area (Å²) in [6.07, 6.45) is 2.14. The van der Waals surface area contributed by atoms with E-state index in [2.05, 4.69) is 26.6 Å². The van der Waals surface area contributed by atoms with Gasteiger partial charge in [0.1, 0.15) is 11.4 Å². The van der Waals surface area contributed by atoms with E-state index >= 15 is 0 Å². The van der Waals surface area contributed by atoms with Crippen LogP contribution in [0.2, 0.25) is 0 Å². The Labute approximate surface area is 249 Å². The summed E-state index contributed by atoms with van der Waals surface area (Å²) in [5.41, 5.74) is 6.32. The summed E-state index contributed by atoms with van der Waals surface area (Å²) in [5, 5.41) is 19.0. The second-order valence-electron chi connectivity index (χ2n) is 10.2. The summed E-state index contributed by atoms with van der Waals surface area (Å²) in [6, 6.07) is 17.9. The van der Waals surface area contributed by atoms with E-state index in [1.54, 1.807) is 18.3 Å². The smallest absolute Gasteiger partial charge is 0.296 e. The number of carbonyl (C=O) groups is 1. The maximum absolute atomic E-state index is 12.1. The first kappa shape index (κ1) is 28.7. The molecule has 3 heterocycles. The summed E-state index contributed by atoms with van der Waals surface area (Å²) < 4.78 is 7.15. The van der Waals surface area contributed by atoms with Crippen molar-refractivity contribution in [2.45, 2.75) is 46.2 Å². The van der Waals surface area contributed by atoms with Crippen LogP contribution in [0.4, 0.5) is 17.1 Å². The average molecular weight is 585 g/mol. The van der Waals surface area contributed by atoms with Gasteiger partial charge in [0.25, 0.3) is 5.69 Å². The number of aromatic nitrogens is 2. The number of nitrogens with zero attached hydrogens (tertiary/aromatic N) is 4.